The maximum absolute atomic E-state index is 14.3. The van der Waals surface area contributed by atoms with Crippen LogP contribution >= 0.6 is 0 Å². The molecule has 0 spiro atoms. The lowest BCUT2D eigenvalue weighted by molar-refractivity contribution is -0.142. The fourth-order valence-corrected chi connectivity index (χ4v) is 3.06. The molecular formula is C15H26BFO4. The van der Waals surface area contributed by atoms with Crippen LogP contribution in [-0.2, 0) is 18.8 Å². The van der Waals surface area contributed by atoms with Crippen LogP contribution < -0.4 is 0 Å². The second kappa shape index (κ2) is 5.88. The largest absolute Gasteiger partial charge is 0.469 e. The number of methoxy groups -OCH3 is 1. The third-order valence-corrected chi connectivity index (χ3v) is 5.26. The molecular weight excluding hydrogens is 274 g/mol. The minimum absolute atomic E-state index is 0.0509. The Morgan fingerprint density at radius 3 is 2.29 bits per heavy atom. The monoisotopic (exact) mass is 300 g/mol. The molecule has 1 aliphatic heterocycles. The SMILES string of the molecule is COC(=O)CC1CCC(B2OC(C)(C)C(C)(C)O2)CC1F. The summed E-state index contributed by atoms with van der Waals surface area (Å²) in [6.45, 7) is 8.01. The standard InChI is InChI=1S/C15H26BFO4/c1-14(2)15(3,4)21-16(20-14)11-7-6-10(12(17)9-11)8-13(18)19-5/h10-12H,6-9H2,1-5H3. The van der Waals surface area contributed by atoms with Crippen LogP contribution in [0.4, 0.5) is 4.39 Å². The molecule has 6 heteroatoms. The summed E-state index contributed by atoms with van der Waals surface area (Å²) in [4.78, 5) is 11.3. The van der Waals surface area contributed by atoms with Crippen LogP contribution in [0.1, 0.15) is 53.4 Å². The van der Waals surface area contributed by atoms with Gasteiger partial charge in [-0.2, -0.15) is 0 Å². The van der Waals surface area contributed by atoms with Crippen LogP contribution in [-0.4, -0.2) is 37.6 Å². The molecule has 120 valence electrons. The van der Waals surface area contributed by atoms with E-state index >= 15 is 0 Å². The van der Waals surface area contributed by atoms with Gasteiger partial charge in [0.1, 0.15) is 6.17 Å². The zero-order valence-corrected chi connectivity index (χ0v) is 13.6. The molecule has 0 aromatic rings. The third kappa shape index (κ3) is 3.42. The van der Waals surface area contributed by atoms with Gasteiger partial charge in [0.2, 0.25) is 0 Å². The lowest BCUT2D eigenvalue weighted by Crippen LogP contribution is -2.41. The van der Waals surface area contributed by atoms with Gasteiger partial charge >= 0.3 is 13.1 Å². The summed E-state index contributed by atoms with van der Waals surface area (Å²) in [6, 6.07) is 0. The summed E-state index contributed by atoms with van der Waals surface area (Å²) in [6.07, 6.45) is 1.04. The van der Waals surface area contributed by atoms with E-state index in [1.54, 1.807) is 0 Å². The molecule has 1 aliphatic carbocycles. The Hall–Kier alpha value is -0.615. The Balaban J connectivity index is 1.93. The summed E-state index contributed by atoms with van der Waals surface area (Å²) in [5.74, 6) is -0.525. The van der Waals surface area contributed by atoms with Crippen LogP contribution in [0.25, 0.3) is 0 Å². The first kappa shape index (κ1) is 16.8. The molecule has 21 heavy (non-hydrogen) atoms. The van der Waals surface area contributed by atoms with Crippen molar-refractivity contribution in [3.05, 3.63) is 0 Å². The highest BCUT2D eigenvalue weighted by atomic mass is 19.1. The van der Waals surface area contributed by atoms with E-state index in [1.165, 1.54) is 7.11 Å². The highest BCUT2D eigenvalue weighted by Crippen LogP contribution is 2.46. The summed E-state index contributed by atoms with van der Waals surface area (Å²) in [7, 11) is 0.985. The maximum Gasteiger partial charge on any atom is 0.461 e. The second-order valence-corrected chi connectivity index (χ2v) is 7.25. The van der Waals surface area contributed by atoms with Crippen molar-refractivity contribution >= 4 is 13.1 Å². The Labute approximate surface area is 126 Å². The summed E-state index contributed by atoms with van der Waals surface area (Å²) in [5, 5.41) is 0. The van der Waals surface area contributed by atoms with Crippen LogP contribution in [0.15, 0.2) is 0 Å². The number of halogens is 1. The number of carbonyl (C=O) groups excluding carboxylic acids is 1. The van der Waals surface area contributed by atoms with E-state index in [9.17, 15) is 9.18 Å². The Morgan fingerprint density at radius 1 is 1.24 bits per heavy atom. The van der Waals surface area contributed by atoms with Crippen molar-refractivity contribution < 1.29 is 23.2 Å². The first-order valence-electron chi connectivity index (χ1n) is 7.73. The lowest BCUT2D eigenvalue weighted by atomic mass is 9.62. The quantitative estimate of drug-likeness (QED) is 0.593. The first-order valence-corrected chi connectivity index (χ1v) is 7.73. The lowest BCUT2D eigenvalue weighted by Gasteiger charge is -2.32. The van der Waals surface area contributed by atoms with Crippen molar-refractivity contribution in [3.63, 3.8) is 0 Å². The molecule has 0 aromatic heterocycles. The molecule has 4 nitrogen and oxygen atoms in total. The molecule has 0 bridgehead atoms. The minimum atomic E-state index is -0.998. The highest BCUT2D eigenvalue weighted by Gasteiger charge is 2.54. The molecule has 0 N–H and O–H groups in total. The van der Waals surface area contributed by atoms with Gasteiger partial charge in [-0.05, 0) is 46.4 Å². The average molecular weight is 300 g/mol. The second-order valence-electron chi connectivity index (χ2n) is 7.25. The highest BCUT2D eigenvalue weighted by molar-refractivity contribution is 6.47. The van der Waals surface area contributed by atoms with Crippen molar-refractivity contribution in [2.75, 3.05) is 7.11 Å². The number of esters is 1. The van der Waals surface area contributed by atoms with Crippen molar-refractivity contribution in [2.24, 2.45) is 5.92 Å². The zero-order chi connectivity index (χ0) is 15.8. The molecule has 0 aromatic carbocycles. The van der Waals surface area contributed by atoms with Crippen molar-refractivity contribution in [1.82, 2.24) is 0 Å². The van der Waals surface area contributed by atoms with Crippen LogP contribution in [0.5, 0.6) is 0 Å². The summed E-state index contributed by atoms with van der Waals surface area (Å²) < 4.78 is 31.0. The molecule has 1 saturated carbocycles. The van der Waals surface area contributed by atoms with E-state index in [1.807, 2.05) is 27.7 Å². The summed E-state index contributed by atoms with van der Waals surface area (Å²) >= 11 is 0. The molecule has 3 atom stereocenters. The van der Waals surface area contributed by atoms with Crippen molar-refractivity contribution in [2.45, 2.75) is 76.6 Å². The maximum atomic E-state index is 14.3. The third-order valence-electron chi connectivity index (χ3n) is 5.26. The Morgan fingerprint density at radius 2 is 1.81 bits per heavy atom. The minimum Gasteiger partial charge on any atom is -0.469 e. The average Bonchev–Trinajstić information content (AvgIpc) is 2.60. The van der Waals surface area contributed by atoms with Gasteiger partial charge in [0.15, 0.2) is 0 Å². The van der Waals surface area contributed by atoms with E-state index in [0.717, 1.165) is 6.42 Å². The van der Waals surface area contributed by atoms with Crippen molar-refractivity contribution in [3.8, 4) is 0 Å². The van der Waals surface area contributed by atoms with Gasteiger partial charge in [-0.1, -0.05) is 6.42 Å². The smallest absolute Gasteiger partial charge is 0.461 e. The molecule has 2 fully saturated rings. The van der Waals surface area contributed by atoms with Gasteiger partial charge in [-0.15, -0.1) is 0 Å². The fourth-order valence-electron chi connectivity index (χ4n) is 3.06. The van der Waals surface area contributed by atoms with E-state index in [2.05, 4.69) is 4.74 Å². The van der Waals surface area contributed by atoms with E-state index in [-0.39, 0.29) is 42.4 Å². The van der Waals surface area contributed by atoms with E-state index in [0.29, 0.717) is 12.8 Å². The van der Waals surface area contributed by atoms with Gasteiger partial charge in [-0.25, -0.2) is 4.39 Å². The predicted octanol–water partition coefficient (Wildman–Crippen LogP) is 3.15. The van der Waals surface area contributed by atoms with Crippen LogP contribution in [0, 0.1) is 5.92 Å². The molecule has 0 radical (unpaired) electrons. The van der Waals surface area contributed by atoms with Gasteiger partial charge in [-0.3, -0.25) is 4.79 Å². The first-order chi connectivity index (χ1) is 9.66. The normalized spacial score (nSPS) is 34.8. The topological polar surface area (TPSA) is 44.8 Å². The van der Waals surface area contributed by atoms with Crippen LogP contribution in [0.3, 0.4) is 0 Å². The molecule has 2 aliphatic rings. The van der Waals surface area contributed by atoms with Gasteiger partial charge in [0, 0.05) is 5.92 Å². The molecule has 1 heterocycles. The molecule has 2 rings (SSSR count). The Kier molecular flexibility index (Phi) is 4.69. The van der Waals surface area contributed by atoms with E-state index < -0.39 is 6.17 Å². The fraction of sp³-hybridized carbons (Fsp3) is 0.933. The van der Waals surface area contributed by atoms with Crippen molar-refractivity contribution in [1.29, 1.82) is 0 Å². The number of carbonyl (C=O) groups is 1. The van der Waals surface area contributed by atoms with Crippen LogP contribution in [0.2, 0.25) is 5.82 Å². The van der Waals surface area contributed by atoms with E-state index in [4.69, 9.17) is 9.31 Å². The molecule has 3 unspecified atom stereocenters. The molecule has 1 saturated heterocycles. The predicted molar refractivity (Wildman–Crippen MR) is 78.7 cm³/mol. The molecule has 0 amide bonds. The van der Waals surface area contributed by atoms with Gasteiger partial charge in [0.05, 0.1) is 24.7 Å². The Bertz CT molecular complexity index is 383. The number of alkyl halides is 1. The number of hydrogen-bond acceptors (Lipinski definition) is 4. The summed E-state index contributed by atoms with van der Waals surface area (Å²) in [5.41, 5.74) is -0.765. The van der Waals surface area contributed by atoms with Gasteiger partial charge < -0.3 is 14.0 Å². The number of rotatable bonds is 3. The number of hydrogen-bond donors (Lipinski definition) is 0. The zero-order valence-electron chi connectivity index (χ0n) is 13.6. The number of ether oxygens (including phenoxy) is 1. The van der Waals surface area contributed by atoms with Gasteiger partial charge in [0.25, 0.3) is 0 Å².